The number of ether oxygens (including phenoxy) is 3. The van der Waals surface area contributed by atoms with E-state index in [2.05, 4.69) is 22.0 Å². The summed E-state index contributed by atoms with van der Waals surface area (Å²) in [5.41, 5.74) is 1.58. The van der Waals surface area contributed by atoms with Crippen LogP contribution in [-0.2, 0) is 16.1 Å². The summed E-state index contributed by atoms with van der Waals surface area (Å²) in [4.78, 5) is 22.4. The molecule has 0 bridgehead atoms. The minimum atomic E-state index is -0.425. The number of aldehydes is 1. The maximum absolute atomic E-state index is 11.3. The number of esters is 1. The molecule has 0 radical (unpaired) electrons. The Morgan fingerprint density at radius 1 is 1.00 bits per heavy atom. The van der Waals surface area contributed by atoms with Crippen LogP contribution in [0.3, 0.4) is 0 Å². The van der Waals surface area contributed by atoms with Crippen LogP contribution in [-0.4, -0.2) is 12.3 Å². The monoisotopic (exact) mass is 465 g/mol. The molecule has 3 aromatic rings. The summed E-state index contributed by atoms with van der Waals surface area (Å²) in [5.74, 6) is 1.57. The molecule has 0 fully saturated rings. The summed E-state index contributed by atoms with van der Waals surface area (Å²) in [5, 5.41) is 8.89. The van der Waals surface area contributed by atoms with Crippen molar-refractivity contribution in [2.75, 3.05) is 0 Å². The van der Waals surface area contributed by atoms with E-state index in [0.717, 1.165) is 6.29 Å². The van der Waals surface area contributed by atoms with Crippen molar-refractivity contribution in [3.8, 4) is 29.1 Å². The molecule has 0 saturated carbocycles. The van der Waals surface area contributed by atoms with E-state index in [9.17, 15) is 9.59 Å². The molecular weight excluding hydrogens is 450 g/mol. The Bertz CT molecular complexity index is 1120. The normalized spacial score (nSPS) is 10.0. The van der Waals surface area contributed by atoms with Crippen molar-refractivity contribution < 1.29 is 23.8 Å². The van der Waals surface area contributed by atoms with Gasteiger partial charge in [0.2, 0.25) is 0 Å². The maximum Gasteiger partial charge on any atom is 0.302 e. The summed E-state index contributed by atoms with van der Waals surface area (Å²) in [7, 11) is 0. The Hall–Kier alpha value is -3.63. The Morgan fingerprint density at radius 3 is 2.33 bits per heavy atom. The molecule has 0 aliphatic rings. The van der Waals surface area contributed by atoms with E-state index < -0.39 is 5.97 Å². The average Bonchev–Trinajstić information content (AvgIpc) is 2.75. The first-order valence-electron chi connectivity index (χ1n) is 8.85. The van der Waals surface area contributed by atoms with Gasteiger partial charge in [-0.2, -0.15) is 5.26 Å². The number of benzene rings is 3. The highest BCUT2D eigenvalue weighted by Crippen LogP contribution is 2.33. The zero-order chi connectivity index (χ0) is 21.5. The number of hydrogen-bond donors (Lipinski definition) is 0. The van der Waals surface area contributed by atoms with Crippen LogP contribution in [0.4, 0.5) is 0 Å². The average molecular weight is 466 g/mol. The highest BCUT2D eigenvalue weighted by molar-refractivity contribution is 9.10. The van der Waals surface area contributed by atoms with Crippen molar-refractivity contribution in [1.29, 1.82) is 5.26 Å². The number of carbonyl (C=O) groups is 2. The van der Waals surface area contributed by atoms with E-state index in [1.165, 1.54) is 6.92 Å². The van der Waals surface area contributed by atoms with Crippen LogP contribution in [0.15, 0.2) is 65.1 Å². The first-order chi connectivity index (χ1) is 14.5. The highest BCUT2D eigenvalue weighted by Gasteiger charge is 2.11. The van der Waals surface area contributed by atoms with E-state index in [-0.39, 0.29) is 6.61 Å². The number of nitriles is 1. The van der Waals surface area contributed by atoms with Crippen LogP contribution in [0.1, 0.15) is 28.4 Å². The SMILES string of the molecule is CC(=O)OCc1cc(Oc2ccc(C#N)cc2)ccc1Oc1ccc(Br)c(C=O)c1. The number of nitrogens with zero attached hydrogens (tertiary/aromatic N) is 1. The van der Waals surface area contributed by atoms with Gasteiger partial charge in [0.1, 0.15) is 29.6 Å². The van der Waals surface area contributed by atoms with E-state index in [1.807, 2.05) is 0 Å². The molecule has 7 heteroatoms. The number of carbonyl (C=O) groups excluding carboxylic acids is 2. The predicted molar refractivity (Wildman–Crippen MR) is 113 cm³/mol. The fraction of sp³-hybridized carbons (Fsp3) is 0.0870. The van der Waals surface area contributed by atoms with Gasteiger partial charge in [0, 0.05) is 22.5 Å². The third kappa shape index (κ3) is 5.46. The quantitative estimate of drug-likeness (QED) is 0.324. The molecule has 150 valence electrons. The molecule has 0 aromatic heterocycles. The molecule has 0 heterocycles. The molecule has 0 unspecified atom stereocenters. The largest absolute Gasteiger partial charge is 0.461 e. The molecule has 0 amide bonds. The van der Waals surface area contributed by atoms with Gasteiger partial charge < -0.3 is 14.2 Å². The van der Waals surface area contributed by atoms with Gasteiger partial charge in [0.25, 0.3) is 0 Å². The van der Waals surface area contributed by atoms with Crippen LogP contribution < -0.4 is 9.47 Å². The van der Waals surface area contributed by atoms with Crippen LogP contribution in [0.5, 0.6) is 23.0 Å². The van der Waals surface area contributed by atoms with Gasteiger partial charge in [0.15, 0.2) is 6.29 Å². The van der Waals surface area contributed by atoms with Crippen molar-refractivity contribution in [2.24, 2.45) is 0 Å². The zero-order valence-corrected chi connectivity index (χ0v) is 17.5. The van der Waals surface area contributed by atoms with Crippen LogP contribution in [0.25, 0.3) is 0 Å². The summed E-state index contributed by atoms with van der Waals surface area (Å²) in [6.07, 6.45) is 0.727. The van der Waals surface area contributed by atoms with E-state index in [0.29, 0.717) is 44.2 Å². The molecule has 0 aliphatic carbocycles. The summed E-state index contributed by atoms with van der Waals surface area (Å²) in [6.45, 7) is 1.31. The summed E-state index contributed by atoms with van der Waals surface area (Å²) in [6, 6.07) is 18.9. The molecule has 0 N–H and O–H groups in total. The Labute approximate surface area is 181 Å². The van der Waals surface area contributed by atoms with Gasteiger partial charge in [0.05, 0.1) is 11.6 Å². The maximum atomic E-state index is 11.3. The topological polar surface area (TPSA) is 85.6 Å². The zero-order valence-electron chi connectivity index (χ0n) is 15.9. The van der Waals surface area contributed by atoms with Crippen LogP contribution in [0, 0.1) is 11.3 Å². The lowest BCUT2D eigenvalue weighted by Gasteiger charge is -2.14. The van der Waals surface area contributed by atoms with Crippen LogP contribution in [0.2, 0.25) is 0 Å². The molecule has 0 aliphatic heterocycles. The van der Waals surface area contributed by atoms with Crippen molar-refractivity contribution in [3.05, 3.63) is 81.8 Å². The second-order valence-electron chi connectivity index (χ2n) is 6.19. The summed E-state index contributed by atoms with van der Waals surface area (Å²) >= 11 is 3.30. The first kappa shape index (κ1) is 21.1. The Balaban J connectivity index is 1.87. The molecule has 6 nitrogen and oxygen atoms in total. The fourth-order valence-corrected chi connectivity index (χ4v) is 2.89. The highest BCUT2D eigenvalue weighted by atomic mass is 79.9. The molecule has 0 atom stereocenters. The lowest BCUT2D eigenvalue weighted by atomic mass is 10.2. The molecule has 3 aromatic carbocycles. The van der Waals surface area contributed by atoms with Gasteiger partial charge in [-0.25, -0.2) is 0 Å². The Morgan fingerprint density at radius 2 is 1.67 bits per heavy atom. The first-order valence-corrected chi connectivity index (χ1v) is 9.64. The third-order valence-electron chi connectivity index (χ3n) is 4.00. The third-order valence-corrected chi connectivity index (χ3v) is 4.73. The fourth-order valence-electron chi connectivity index (χ4n) is 2.55. The van der Waals surface area contributed by atoms with Crippen LogP contribution >= 0.6 is 15.9 Å². The van der Waals surface area contributed by atoms with Gasteiger partial charge in [-0.15, -0.1) is 0 Å². The minimum absolute atomic E-state index is 0.00764. The number of hydrogen-bond acceptors (Lipinski definition) is 6. The Kier molecular flexibility index (Phi) is 6.83. The van der Waals surface area contributed by atoms with Gasteiger partial charge in [-0.1, -0.05) is 15.9 Å². The van der Waals surface area contributed by atoms with Crippen molar-refractivity contribution in [1.82, 2.24) is 0 Å². The van der Waals surface area contributed by atoms with Gasteiger partial charge >= 0.3 is 5.97 Å². The van der Waals surface area contributed by atoms with E-state index in [4.69, 9.17) is 19.5 Å². The number of rotatable bonds is 7. The second kappa shape index (κ2) is 9.72. The van der Waals surface area contributed by atoms with Gasteiger partial charge in [-0.3, -0.25) is 9.59 Å². The summed E-state index contributed by atoms with van der Waals surface area (Å²) < 4.78 is 17.5. The smallest absolute Gasteiger partial charge is 0.302 e. The molecular formula is C23H16BrNO5. The van der Waals surface area contributed by atoms with Gasteiger partial charge in [-0.05, 0) is 60.7 Å². The van der Waals surface area contributed by atoms with E-state index >= 15 is 0 Å². The molecule has 0 saturated heterocycles. The minimum Gasteiger partial charge on any atom is -0.461 e. The molecule has 30 heavy (non-hydrogen) atoms. The van der Waals surface area contributed by atoms with Crippen molar-refractivity contribution >= 4 is 28.2 Å². The van der Waals surface area contributed by atoms with E-state index in [1.54, 1.807) is 60.7 Å². The van der Waals surface area contributed by atoms with Crippen molar-refractivity contribution in [2.45, 2.75) is 13.5 Å². The lowest BCUT2D eigenvalue weighted by Crippen LogP contribution is -2.01. The molecule has 0 spiro atoms. The lowest BCUT2D eigenvalue weighted by molar-refractivity contribution is -0.142. The van der Waals surface area contributed by atoms with Crippen molar-refractivity contribution in [3.63, 3.8) is 0 Å². The predicted octanol–water partition coefficient (Wildman–Crippen LogP) is 5.78. The standard InChI is InChI=1S/C23H16BrNO5/c1-15(27)28-14-18-11-20(29-19-4-2-16(12-25)3-5-19)7-9-23(18)30-21-6-8-22(24)17(10-21)13-26/h2-11,13H,14H2,1H3. The second-order valence-corrected chi connectivity index (χ2v) is 7.05. The molecule has 3 rings (SSSR count). The number of halogens is 1.